The maximum atomic E-state index is 13.4. The Morgan fingerprint density at radius 1 is 1.27 bits per heavy atom. The van der Waals surface area contributed by atoms with Crippen molar-refractivity contribution in [1.29, 1.82) is 0 Å². The van der Waals surface area contributed by atoms with Crippen LogP contribution in [0.1, 0.15) is 33.8 Å². The van der Waals surface area contributed by atoms with Gasteiger partial charge in [-0.1, -0.05) is 31.2 Å². The number of halogens is 1. The van der Waals surface area contributed by atoms with Crippen molar-refractivity contribution in [3.63, 3.8) is 0 Å². The molecule has 1 atom stereocenters. The molecule has 1 fully saturated rings. The van der Waals surface area contributed by atoms with Crippen LogP contribution in [0, 0.1) is 5.82 Å². The van der Waals surface area contributed by atoms with Gasteiger partial charge >= 0.3 is 0 Å². The quantitative estimate of drug-likeness (QED) is 0.843. The molecule has 0 unspecified atom stereocenters. The summed E-state index contributed by atoms with van der Waals surface area (Å²) < 4.78 is 13.4. The van der Waals surface area contributed by atoms with Crippen LogP contribution in [-0.4, -0.2) is 23.1 Å². The maximum Gasteiger partial charge on any atom is 0.255 e. The van der Waals surface area contributed by atoms with E-state index in [1.54, 1.807) is 17.8 Å². The summed E-state index contributed by atoms with van der Waals surface area (Å²) in [4.78, 5) is 14.6. The van der Waals surface area contributed by atoms with Crippen molar-refractivity contribution in [3.05, 3.63) is 71.0 Å². The molecule has 0 spiro atoms. The van der Waals surface area contributed by atoms with Crippen LogP contribution in [0.25, 0.3) is 0 Å². The van der Waals surface area contributed by atoms with Gasteiger partial charge in [0.05, 0.1) is 0 Å². The van der Waals surface area contributed by atoms with Gasteiger partial charge in [0.2, 0.25) is 0 Å². The third-order valence-corrected chi connectivity index (χ3v) is 5.16. The lowest BCUT2D eigenvalue weighted by atomic mass is 10.1. The lowest BCUT2D eigenvalue weighted by Crippen LogP contribution is -2.30. The van der Waals surface area contributed by atoms with Gasteiger partial charge in [0.1, 0.15) is 11.2 Å². The van der Waals surface area contributed by atoms with Gasteiger partial charge < -0.3 is 4.90 Å². The Morgan fingerprint density at radius 2 is 2.05 bits per heavy atom. The fourth-order valence-corrected chi connectivity index (χ4v) is 3.91. The highest BCUT2D eigenvalue weighted by atomic mass is 32.2. The first-order valence-corrected chi connectivity index (χ1v) is 8.51. The molecule has 0 aromatic heterocycles. The normalized spacial score (nSPS) is 17.7. The van der Waals surface area contributed by atoms with Crippen molar-refractivity contribution in [1.82, 2.24) is 4.90 Å². The number of nitrogens with zero attached hydrogens (tertiary/aromatic N) is 1. The van der Waals surface area contributed by atoms with Gasteiger partial charge in [-0.05, 0) is 41.8 Å². The number of carbonyl (C=O) groups is 1. The molecule has 1 aliphatic heterocycles. The summed E-state index contributed by atoms with van der Waals surface area (Å²) >= 11 is 1.68. The molecule has 0 aliphatic carbocycles. The molecule has 4 heteroatoms. The molecule has 0 radical (unpaired) electrons. The molecule has 0 bridgehead atoms. The molecular formula is C18H18FNOS. The van der Waals surface area contributed by atoms with E-state index in [1.807, 2.05) is 35.2 Å². The fraction of sp³-hybridized carbons (Fsp3) is 0.278. The van der Waals surface area contributed by atoms with Crippen LogP contribution in [0.4, 0.5) is 4.39 Å². The molecule has 1 aliphatic rings. The maximum absolute atomic E-state index is 13.4. The lowest BCUT2D eigenvalue weighted by molar-refractivity contribution is 0.0760. The Bertz CT molecular complexity index is 671. The van der Waals surface area contributed by atoms with E-state index in [2.05, 4.69) is 6.92 Å². The van der Waals surface area contributed by atoms with Crippen molar-refractivity contribution < 1.29 is 9.18 Å². The molecule has 1 amide bonds. The molecule has 1 heterocycles. The van der Waals surface area contributed by atoms with E-state index in [0.29, 0.717) is 12.1 Å². The second kappa shape index (κ2) is 6.53. The minimum absolute atomic E-state index is 0.0157. The van der Waals surface area contributed by atoms with E-state index in [9.17, 15) is 9.18 Å². The Labute approximate surface area is 134 Å². The van der Waals surface area contributed by atoms with Gasteiger partial charge in [-0.15, -0.1) is 11.8 Å². The Morgan fingerprint density at radius 3 is 2.73 bits per heavy atom. The number of hydrogen-bond acceptors (Lipinski definition) is 2. The minimum atomic E-state index is -0.260. The zero-order chi connectivity index (χ0) is 15.5. The third-order valence-electron chi connectivity index (χ3n) is 3.89. The van der Waals surface area contributed by atoms with E-state index in [1.165, 1.54) is 17.7 Å². The molecule has 0 saturated carbocycles. The van der Waals surface area contributed by atoms with Gasteiger partial charge in [-0.2, -0.15) is 0 Å². The molecule has 2 aromatic rings. The number of aryl methyl sites for hydroxylation is 1. The fourth-order valence-electron chi connectivity index (χ4n) is 2.66. The van der Waals surface area contributed by atoms with Gasteiger partial charge in [-0.3, -0.25) is 4.79 Å². The standard InChI is InChI=1S/C18H18FNOS/c1-2-13-6-8-14(9-7-13)17(21)20-10-11-22-18(20)15-4-3-5-16(19)12-15/h3-9,12,18H,2,10-11H2,1H3/t18-/m1/s1. The van der Waals surface area contributed by atoms with Gasteiger partial charge in [0.15, 0.2) is 0 Å². The predicted molar refractivity (Wildman–Crippen MR) is 88.5 cm³/mol. The van der Waals surface area contributed by atoms with Crippen LogP contribution < -0.4 is 0 Å². The van der Waals surface area contributed by atoms with E-state index in [4.69, 9.17) is 0 Å². The molecule has 3 rings (SSSR count). The summed E-state index contributed by atoms with van der Waals surface area (Å²) in [7, 11) is 0. The minimum Gasteiger partial charge on any atom is -0.322 e. The Balaban J connectivity index is 1.84. The summed E-state index contributed by atoms with van der Waals surface area (Å²) in [6.45, 7) is 2.79. The molecular weight excluding hydrogens is 297 g/mol. The second-order valence-corrected chi connectivity index (χ2v) is 6.52. The Hall–Kier alpha value is -1.81. The van der Waals surface area contributed by atoms with Crippen molar-refractivity contribution in [2.45, 2.75) is 18.7 Å². The van der Waals surface area contributed by atoms with Crippen LogP contribution in [0.5, 0.6) is 0 Å². The van der Waals surface area contributed by atoms with Crippen molar-refractivity contribution >= 4 is 17.7 Å². The molecule has 2 aromatic carbocycles. The van der Waals surface area contributed by atoms with Gasteiger partial charge in [0, 0.05) is 17.9 Å². The van der Waals surface area contributed by atoms with Crippen LogP contribution in [0.3, 0.4) is 0 Å². The van der Waals surface area contributed by atoms with Crippen molar-refractivity contribution in [2.24, 2.45) is 0 Å². The van der Waals surface area contributed by atoms with Crippen LogP contribution in [-0.2, 0) is 6.42 Å². The van der Waals surface area contributed by atoms with Crippen molar-refractivity contribution in [3.8, 4) is 0 Å². The number of amides is 1. The molecule has 0 N–H and O–H groups in total. The first-order chi connectivity index (χ1) is 10.7. The Kier molecular flexibility index (Phi) is 4.48. The summed E-state index contributed by atoms with van der Waals surface area (Å²) in [5.41, 5.74) is 2.76. The highest BCUT2D eigenvalue weighted by Gasteiger charge is 2.31. The topological polar surface area (TPSA) is 20.3 Å². The third kappa shape index (κ3) is 3.02. The predicted octanol–water partition coefficient (Wildman–Crippen LogP) is 4.28. The zero-order valence-electron chi connectivity index (χ0n) is 12.5. The highest BCUT2D eigenvalue weighted by molar-refractivity contribution is 7.99. The first kappa shape index (κ1) is 15.1. The second-order valence-electron chi connectivity index (χ2n) is 5.33. The average molecular weight is 315 g/mol. The summed E-state index contributed by atoms with van der Waals surface area (Å²) in [5.74, 6) is 0.631. The average Bonchev–Trinajstić information content (AvgIpc) is 3.04. The van der Waals surface area contributed by atoms with Gasteiger partial charge in [0.25, 0.3) is 5.91 Å². The van der Waals surface area contributed by atoms with E-state index < -0.39 is 0 Å². The molecule has 22 heavy (non-hydrogen) atoms. The lowest BCUT2D eigenvalue weighted by Gasteiger charge is -2.24. The number of carbonyl (C=O) groups excluding carboxylic acids is 1. The summed E-state index contributed by atoms with van der Waals surface area (Å²) in [6.07, 6.45) is 0.958. The van der Waals surface area contributed by atoms with E-state index in [-0.39, 0.29) is 17.1 Å². The number of rotatable bonds is 3. The molecule has 2 nitrogen and oxygen atoms in total. The van der Waals surface area contributed by atoms with Crippen LogP contribution in [0.15, 0.2) is 48.5 Å². The molecule has 1 saturated heterocycles. The number of hydrogen-bond donors (Lipinski definition) is 0. The van der Waals surface area contributed by atoms with Crippen molar-refractivity contribution in [2.75, 3.05) is 12.3 Å². The van der Waals surface area contributed by atoms with Gasteiger partial charge in [-0.25, -0.2) is 4.39 Å². The number of thioether (sulfide) groups is 1. The largest absolute Gasteiger partial charge is 0.322 e. The zero-order valence-corrected chi connectivity index (χ0v) is 13.3. The van der Waals surface area contributed by atoms with E-state index >= 15 is 0 Å². The smallest absolute Gasteiger partial charge is 0.255 e. The van der Waals surface area contributed by atoms with Crippen LogP contribution >= 0.6 is 11.8 Å². The van der Waals surface area contributed by atoms with E-state index in [0.717, 1.165) is 17.7 Å². The highest BCUT2D eigenvalue weighted by Crippen LogP contribution is 2.38. The van der Waals surface area contributed by atoms with Crippen LogP contribution in [0.2, 0.25) is 0 Å². The molecule has 114 valence electrons. The summed E-state index contributed by atoms with van der Waals surface area (Å²) in [6, 6.07) is 14.3. The SMILES string of the molecule is CCc1ccc(C(=O)N2CCS[C@@H]2c2cccc(F)c2)cc1. The monoisotopic (exact) mass is 315 g/mol. The first-order valence-electron chi connectivity index (χ1n) is 7.46. The number of benzene rings is 2. The summed E-state index contributed by atoms with van der Waals surface area (Å²) in [5, 5.41) is -0.103.